The predicted octanol–water partition coefficient (Wildman–Crippen LogP) is 7.45. The smallest absolute Gasteiger partial charge is 0.409 e. The van der Waals surface area contributed by atoms with Gasteiger partial charge in [0, 0.05) is 37.4 Å². The van der Waals surface area contributed by atoms with E-state index in [4.69, 9.17) is 21.1 Å². The molecule has 2 aromatic carbocycles. The van der Waals surface area contributed by atoms with Gasteiger partial charge >= 0.3 is 12.1 Å². The van der Waals surface area contributed by atoms with Crippen LogP contribution in [0.4, 0.5) is 33.2 Å². The summed E-state index contributed by atoms with van der Waals surface area (Å²) in [6.45, 7) is 1.12. The van der Waals surface area contributed by atoms with E-state index in [1.54, 1.807) is 11.9 Å². The molecule has 1 aliphatic carbocycles. The van der Waals surface area contributed by atoms with Crippen LogP contribution in [0.3, 0.4) is 0 Å². The number of nitriles is 1. The van der Waals surface area contributed by atoms with Gasteiger partial charge in [-0.15, -0.1) is 11.3 Å². The van der Waals surface area contributed by atoms with E-state index >= 15 is 13.2 Å². The summed E-state index contributed by atoms with van der Waals surface area (Å²) >= 11 is 7.65. The molecule has 0 radical (unpaired) electrons. The lowest BCUT2D eigenvalue weighted by Crippen LogP contribution is -2.44. The molecule has 2 aromatic heterocycles. The second kappa shape index (κ2) is 11.5. The lowest BCUT2D eigenvalue weighted by Gasteiger charge is -2.35. The molecule has 4 aromatic rings. The van der Waals surface area contributed by atoms with Crippen LogP contribution in [0, 0.1) is 23.0 Å². The number of benzene rings is 2. The summed E-state index contributed by atoms with van der Waals surface area (Å²) in [6.07, 6.45) is 0.363. The average Bonchev–Trinajstić information content (AvgIpc) is 3.35. The number of ether oxygens (including phenoxy) is 2. The molecule has 5 heterocycles. The van der Waals surface area contributed by atoms with Gasteiger partial charge in [0.1, 0.15) is 46.7 Å². The maximum atomic E-state index is 17.2. The molecule has 1 saturated carbocycles. The van der Waals surface area contributed by atoms with Crippen LogP contribution in [-0.4, -0.2) is 82.8 Å². The van der Waals surface area contributed by atoms with Gasteiger partial charge in [0.05, 0.1) is 38.9 Å². The number of halogens is 5. The lowest BCUT2D eigenvalue weighted by atomic mass is 9.95. The molecule has 3 atom stereocenters. The molecule has 1 amide bonds. The Morgan fingerprint density at radius 1 is 1.29 bits per heavy atom. The van der Waals surface area contributed by atoms with Gasteiger partial charge in [-0.2, -0.15) is 15.2 Å². The SMILES string of the molecule is CN1c2nc(OC[C@@]34CCCN3C[C@H](F)C4)nc3c(F)c(-c4ccc(F)c5sc(NC(=O)O)c(C#N)c45)c(Cl)c(c23)OCC[C@H]1C1(F)CC1. The fraction of sp³-hybridized carbons (Fsp3) is 0.455. The van der Waals surface area contributed by atoms with Gasteiger partial charge in [-0.05, 0) is 43.9 Å². The number of hydrogen-bond acceptors (Lipinski definition) is 9. The van der Waals surface area contributed by atoms with Gasteiger partial charge in [-0.25, -0.2) is 22.4 Å². The standard InChI is InChI=1S/C33H29ClF4N6O4S/c1-43-19(33(38)7-8-33)5-10-47-26-22-25(40-30(41-28(22)43)48-14-32-6-2-9-44(32)13-15(35)11-32)24(37)21(23(26)34)16-3-4-18(36)27-20(16)17(12-39)29(49-27)42-31(45)46/h3-4,15,19,42H,2,5-11,13-14H2,1H3,(H,45,46)/t15-,19+,32+/m1/s1. The fourth-order valence-corrected chi connectivity index (χ4v) is 9.32. The van der Waals surface area contributed by atoms with Crippen LogP contribution in [0.15, 0.2) is 12.1 Å². The van der Waals surface area contributed by atoms with Crippen LogP contribution >= 0.6 is 22.9 Å². The molecule has 0 bridgehead atoms. The lowest BCUT2D eigenvalue weighted by molar-refractivity contribution is 0.107. The second-order valence-electron chi connectivity index (χ2n) is 13.2. The molecule has 0 unspecified atom stereocenters. The largest absolute Gasteiger partial charge is 0.491 e. The van der Waals surface area contributed by atoms with Crippen molar-refractivity contribution in [3.05, 3.63) is 34.4 Å². The molecule has 16 heteroatoms. The Hall–Kier alpha value is -4.13. The summed E-state index contributed by atoms with van der Waals surface area (Å²) in [4.78, 5) is 24.3. The number of nitrogens with zero attached hydrogens (tertiary/aromatic N) is 5. The topological polar surface area (TPSA) is 124 Å². The first kappa shape index (κ1) is 32.1. The van der Waals surface area contributed by atoms with Crippen molar-refractivity contribution in [3.63, 3.8) is 0 Å². The van der Waals surface area contributed by atoms with Crippen molar-refractivity contribution in [2.45, 2.75) is 61.9 Å². The Labute approximate surface area is 286 Å². The molecule has 2 N–H and O–H groups in total. The first-order chi connectivity index (χ1) is 23.4. The number of aromatic nitrogens is 2. The molecule has 8 rings (SSSR count). The number of rotatable bonds is 6. The molecule has 3 aliphatic heterocycles. The molecular weight excluding hydrogens is 688 g/mol. The minimum absolute atomic E-state index is 0.00364. The van der Waals surface area contributed by atoms with Crippen LogP contribution < -0.4 is 19.7 Å². The van der Waals surface area contributed by atoms with Crippen molar-refractivity contribution in [2.75, 3.05) is 43.6 Å². The Balaban J connectivity index is 1.35. The zero-order valence-electron chi connectivity index (χ0n) is 26.1. The number of anilines is 2. The van der Waals surface area contributed by atoms with Crippen LogP contribution in [0.5, 0.6) is 11.8 Å². The highest BCUT2D eigenvalue weighted by molar-refractivity contribution is 7.23. The van der Waals surface area contributed by atoms with Crippen molar-refractivity contribution >= 4 is 60.8 Å². The van der Waals surface area contributed by atoms with Crippen molar-refractivity contribution in [2.24, 2.45) is 0 Å². The van der Waals surface area contributed by atoms with Crippen LogP contribution in [-0.2, 0) is 0 Å². The van der Waals surface area contributed by atoms with E-state index in [2.05, 4.69) is 20.2 Å². The molecule has 10 nitrogen and oxygen atoms in total. The van der Waals surface area contributed by atoms with E-state index in [9.17, 15) is 19.6 Å². The normalized spacial score (nSPS) is 24.3. The number of nitrogens with one attached hydrogen (secondary N) is 1. The minimum atomic E-state index is -1.49. The predicted molar refractivity (Wildman–Crippen MR) is 176 cm³/mol. The van der Waals surface area contributed by atoms with Gasteiger partial charge in [-0.3, -0.25) is 10.2 Å². The van der Waals surface area contributed by atoms with E-state index in [1.807, 2.05) is 6.07 Å². The van der Waals surface area contributed by atoms with Gasteiger partial charge in [-0.1, -0.05) is 17.7 Å². The number of fused-ring (bicyclic) bond motifs is 2. The van der Waals surface area contributed by atoms with Gasteiger partial charge < -0.3 is 19.5 Å². The third-order valence-electron chi connectivity index (χ3n) is 10.3. The highest BCUT2D eigenvalue weighted by Gasteiger charge is 2.53. The van der Waals surface area contributed by atoms with Gasteiger partial charge in [0.2, 0.25) is 0 Å². The zero-order chi connectivity index (χ0) is 34.4. The number of carboxylic acid groups (broad SMARTS) is 1. The monoisotopic (exact) mass is 716 g/mol. The van der Waals surface area contributed by atoms with E-state index in [1.165, 1.54) is 6.07 Å². The number of alkyl halides is 2. The van der Waals surface area contributed by atoms with Crippen molar-refractivity contribution < 1.29 is 36.9 Å². The van der Waals surface area contributed by atoms with E-state index in [0.29, 0.717) is 37.1 Å². The molecule has 3 fully saturated rings. The Morgan fingerprint density at radius 3 is 2.82 bits per heavy atom. The van der Waals surface area contributed by atoms with Crippen molar-refractivity contribution in [1.82, 2.24) is 14.9 Å². The summed E-state index contributed by atoms with van der Waals surface area (Å²) in [6, 6.07) is 3.38. The molecule has 256 valence electrons. The quantitative estimate of drug-likeness (QED) is 0.196. The van der Waals surface area contributed by atoms with Crippen LogP contribution in [0.2, 0.25) is 5.02 Å². The maximum Gasteiger partial charge on any atom is 0.409 e. The summed E-state index contributed by atoms with van der Waals surface area (Å²) < 4.78 is 74.8. The van der Waals surface area contributed by atoms with Crippen LogP contribution in [0.1, 0.15) is 44.1 Å². The third kappa shape index (κ3) is 5.01. The number of carbonyl (C=O) groups is 1. The molecular formula is C33H29ClF4N6O4S. The summed E-state index contributed by atoms with van der Waals surface area (Å²) in [7, 11) is 1.66. The van der Waals surface area contributed by atoms with Crippen molar-refractivity contribution in [1.29, 1.82) is 5.26 Å². The molecule has 2 saturated heterocycles. The number of thiophene rings is 1. The summed E-state index contributed by atoms with van der Waals surface area (Å²) in [5.74, 6) is -1.57. The molecule has 0 spiro atoms. The maximum absolute atomic E-state index is 17.2. The number of hydrogen-bond donors (Lipinski definition) is 2. The first-order valence-corrected chi connectivity index (χ1v) is 17.1. The van der Waals surface area contributed by atoms with Gasteiger partial charge in [0.25, 0.3) is 0 Å². The second-order valence-corrected chi connectivity index (χ2v) is 14.6. The van der Waals surface area contributed by atoms with E-state index in [-0.39, 0.29) is 91.3 Å². The van der Waals surface area contributed by atoms with E-state index < -0.39 is 41.1 Å². The Morgan fingerprint density at radius 2 is 2.08 bits per heavy atom. The highest BCUT2D eigenvalue weighted by Crippen LogP contribution is 2.53. The third-order valence-corrected chi connectivity index (χ3v) is 11.8. The van der Waals surface area contributed by atoms with E-state index in [0.717, 1.165) is 19.0 Å². The highest BCUT2D eigenvalue weighted by atomic mass is 35.5. The molecule has 49 heavy (non-hydrogen) atoms. The molecule has 4 aliphatic rings. The fourth-order valence-electron chi connectivity index (χ4n) is 7.92. The Kier molecular flexibility index (Phi) is 7.51. The summed E-state index contributed by atoms with van der Waals surface area (Å²) in [5.41, 5.74) is -2.79. The minimum Gasteiger partial charge on any atom is -0.491 e. The number of amides is 1. The summed E-state index contributed by atoms with van der Waals surface area (Å²) in [5, 5.41) is 21.2. The Bertz CT molecular complexity index is 2110. The average molecular weight is 717 g/mol. The van der Waals surface area contributed by atoms with Crippen LogP contribution in [0.25, 0.3) is 32.1 Å². The van der Waals surface area contributed by atoms with Crippen molar-refractivity contribution in [3.8, 4) is 29.0 Å². The van der Waals surface area contributed by atoms with Gasteiger partial charge in [0.15, 0.2) is 11.6 Å². The first-order valence-electron chi connectivity index (χ1n) is 15.9. The zero-order valence-corrected chi connectivity index (χ0v) is 27.7.